The van der Waals surface area contributed by atoms with Crippen molar-refractivity contribution in [1.82, 2.24) is 0 Å². The lowest BCUT2D eigenvalue weighted by Gasteiger charge is -2.12. The van der Waals surface area contributed by atoms with Crippen LogP contribution < -0.4 is 0 Å². The third kappa shape index (κ3) is 5.01. The molecule has 4 nitrogen and oxygen atoms in total. The number of hydrogen-bond acceptors (Lipinski definition) is 4. The zero-order valence-corrected chi connectivity index (χ0v) is 12.1. The number of benzene rings is 1. The second kappa shape index (κ2) is 5.32. The molecule has 0 radical (unpaired) electrons. The molecule has 0 aliphatic rings. The molecule has 9 heteroatoms. The fourth-order valence-electron chi connectivity index (χ4n) is 1.20. The maximum atomic E-state index is 11.3. The summed E-state index contributed by atoms with van der Waals surface area (Å²) in [6.07, 6.45) is 0. The summed E-state index contributed by atoms with van der Waals surface area (Å²) >= 11 is 5.64. The quantitative estimate of drug-likeness (QED) is 0.792. The summed E-state index contributed by atoms with van der Waals surface area (Å²) in [5, 5.41) is -1.02. The molecule has 0 aliphatic carbocycles. The van der Waals surface area contributed by atoms with E-state index >= 15 is 0 Å². The van der Waals surface area contributed by atoms with E-state index in [1.807, 2.05) is 0 Å². The van der Waals surface area contributed by atoms with Crippen LogP contribution in [0.2, 0.25) is 5.02 Å². The van der Waals surface area contributed by atoms with Crippen LogP contribution >= 0.6 is 33.0 Å². The Hall–Kier alpha value is -0.0100. The van der Waals surface area contributed by atoms with E-state index in [1.54, 1.807) is 0 Å². The van der Waals surface area contributed by atoms with Gasteiger partial charge in [0, 0.05) is 26.4 Å². The van der Waals surface area contributed by atoms with E-state index in [1.165, 1.54) is 24.3 Å². The van der Waals surface area contributed by atoms with Crippen molar-refractivity contribution < 1.29 is 16.8 Å². The number of halogens is 3. The molecular weight excluding hydrogens is 331 g/mol. The SMILES string of the molecule is O=S(=O)(Cl)CC(c1ccc(Cl)cc1)S(=O)(=O)Cl. The Morgan fingerprint density at radius 2 is 1.47 bits per heavy atom. The van der Waals surface area contributed by atoms with Crippen LogP contribution in [0.25, 0.3) is 0 Å². The minimum Gasteiger partial charge on any atom is -0.212 e. The van der Waals surface area contributed by atoms with Crippen molar-refractivity contribution in [2.24, 2.45) is 0 Å². The van der Waals surface area contributed by atoms with E-state index in [2.05, 4.69) is 0 Å². The highest BCUT2D eigenvalue weighted by molar-refractivity contribution is 8.17. The fourth-order valence-corrected chi connectivity index (χ4v) is 4.92. The highest BCUT2D eigenvalue weighted by Gasteiger charge is 2.30. The van der Waals surface area contributed by atoms with Gasteiger partial charge in [0.05, 0.1) is 5.75 Å². The lowest BCUT2D eigenvalue weighted by molar-refractivity contribution is 0.591. The van der Waals surface area contributed by atoms with Crippen LogP contribution in [0.1, 0.15) is 10.8 Å². The van der Waals surface area contributed by atoms with Gasteiger partial charge in [-0.1, -0.05) is 23.7 Å². The van der Waals surface area contributed by atoms with Gasteiger partial charge in [0.2, 0.25) is 18.1 Å². The van der Waals surface area contributed by atoms with E-state index in [4.69, 9.17) is 33.0 Å². The predicted molar refractivity (Wildman–Crippen MR) is 68.6 cm³/mol. The molecule has 0 fully saturated rings. The molecule has 0 aliphatic heterocycles. The van der Waals surface area contributed by atoms with Crippen LogP contribution in [0.3, 0.4) is 0 Å². The number of rotatable bonds is 4. The second-order valence-electron chi connectivity index (χ2n) is 3.22. The monoisotopic (exact) mass is 336 g/mol. The first-order valence-electron chi connectivity index (χ1n) is 4.21. The molecule has 0 amide bonds. The molecule has 17 heavy (non-hydrogen) atoms. The lowest BCUT2D eigenvalue weighted by atomic mass is 10.2. The molecule has 0 bridgehead atoms. The van der Waals surface area contributed by atoms with Gasteiger partial charge in [0.25, 0.3) is 0 Å². The van der Waals surface area contributed by atoms with Crippen LogP contribution in [0.15, 0.2) is 24.3 Å². The zero-order chi connectivity index (χ0) is 13.3. The molecule has 0 spiro atoms. The maximum Gasteiger partial charge on any atom is 0.240 e. The van der Waals surface area contributed by atoms with Crippen molar-refractivity contribution in [2.45, 2.75) is 5.25 Å². The number of hydrogen-bond donors (Lipinski definition) is 0. The summed E-state index contributed by atoms with van der Waals surface area (Å²) < 4.78 is 44.5. The van der Waals surface area contributed by atoms with Gasteiger partial charge in [-0.3, -0.25) is 0 Å². The highest BCUT2D eigenvalue weighted by atomic mass is 35.7. The Bertz CT molecular complexity index is 592. The van der Waals surface area contributed by atoms with E-state index < -0.39 is 29.1 Å². The second-order valence-corrected chi connectivity index (χ2v) is 9.29. The smallest absolute Gasteiger partial charge is 0.212 e. The first-order chi connectivity index (χ1) is 7.59. The molecule has 0 aromatic heterocycles. The van der Waals surface area contributed by atoms with Crippen molar-refractivity contribution >= 4 is 51.1 Å². The molecule has 1 unspecified atom stereocenters. The first-order valence-corrected chi connectivity index (χ1v) is 9.44. The molecule has 1 atom stereocenters. The lowest BCUT2D eigenvalue weighted by Crippen LogP contribution is -2.16. The average Bonchev–Trinajstić information content (AvgIpc) is 2.13. The molecule has 1 aromatic carbocycles. The van der Waals surface area contributed by atoms with Crippen LogP contribution in [0, 0.1) is 0 Å². The summed E-state index contributed by atoms with van der Waals surface area (Å²) in [6, 6.07) is 5.64. The summed E-state index contributed by atoms with van der Waals surface area (Å²) in [4.78, 5) is 0. The first kappa shape index (κ1) is 15.0. The Kier molecular flexibility index (Phi) is 4.71. The maximum absolute atomic E-state index is 11.3. The summed E-state index contributed by atoms with van der Waals surface area (Å²) in [5.41, 5.74) is 0.216. The van der Waals surface area contributed by atoms with Gasteiger partial charge in [0.15, 0.2) is 0 Å². The van der Waals surface area contributed by atoms with Crippen LogP contribution in [0.5, 0.6) is 0 Å². The molecule has 0 heterocycles. The van der Waals surface area contributed by atoms with Crippen molar-refractivity contribution in [3.05, 3.63) is 34.9 Å². The molecule has 0 N–H and O–H groups in total. The van der Waals surface area contributed by atoms with Gasteiger partial charge >= 0.3 is 0 Å². The van der Waals surface area contributed by atoms with Crippen LogP contribution in [-0.2, 0) is 18.1 Å². The standard InChI is InChI=1S/C8H7Cl3O4S2/c9-7-3-1-6(2-4-7)8(17(11,14)15)5-16(10,12)13/h1-4,8H,5H2. The van der Waals surface area contributed by atoms with Crippen molar-refractivity contribution in [3.63, 3.8) is 0 Å². The van der Waals surface area contributed by atoms with Gasteiger partial charge in [-0.25, -0.2) is 16.8 Å². The average molecular weight is 338 g/mol. The topological polar surface area (TPSA) is 68.3 Å². The Morgan fingerprint density at radius 3 is 1.82 bits per heavy atom. The van der Waals surface area contributed by atoms with E-state index in [0.717, 1.165) is 0 Å². The normalized spacial score (nSPS) is 14.5. The summed E-state index contributed by atoms with van der Waals surface area (Å²) in [5.74, 6) is -0.790. The Labute approximate surface area is 113 Å². The third-order valence-electron chi connectivity index (χ3n) is 1.93. The van der Waals surface area contributed by atoms with Crippen LogP contribution in [-0.4, -0.2) is 22.6 Å². The van der Waals surface area contributed by atoms with Crippen molar-refractivity contribution in [1.29, 1.82) is 0 Å². The van der Waals surface area contributed by atoms with Gasteiger partial charge < -0.3 is 0 Å². The van der Waals surface area contributed by atoms with Crippen molar-refractivity contribution in [3.8, 4) is 0 Å². The molecule has 1 rings (SSSR count). The molecule has 0 saturated carbocycles. The minimum atomic E-state index is -4.10. The van der Waals surface area contributed by atoms with Gasteiger partial charge in [-0.05, 0) is 17.7 Å². The predicted octanol–water partition coefficient (Wildman–Crippen LogP) is 2.52. The molecular formula is C8H7Cl3O4S2. The van der Waals surface area contributed by atoms with E-state index in [9.17, 15) is 16.8 Å². The molecule has 96 valence electrons. The van der Waals surface area contributed by atoms with Gasteiger partial charge in [-0.2, -0.15) is 0 Å². The van der Waals surface area contributed by atoms with Crippen LogP contribution in [0.4, 0.5) is 0 Å². The van der Waals surface area contributed by atoms with Crippen molar-refractivity contribution in [2.75, 3.05) is 5.75 Å². The summed E-state index contributed by atoms with van der Waals surface area (Å²) in [7, 11) is 2.15. The largest absolute Gasteiger partial charge is 0.240 e. The minimum absolute atomic E-state index is 0.216. The van der Waals surface area contributed by atoms with E-state index in [0.29, 0.717) is 5.02 Å². The zero-order valence-electron chi connectivity index (χ0n) is 8.18. The Balaban J connectivity index is 3.21. The fraction of sp³-hybridized carbons (Fsp3) is 0.250. The third-order valence-corrected chi connectivity index (χ3v) is 5.27. The van der Waals surface area contributed by atoms with E-state index in [-0.39, 0.29) is 5.56 Å². The van der Waals surface area contributed by atoms with Gasteiger partial charge in [0.1, 0.15) is 5.25 Å². The Morgan fingerprint density at radius 1 is 1.00 bits per heavy atom. The molecule has 1 aromatic rings. The highest BCUT2D eigenvalue weighted by Crippen LogP contribution is 2.29. The molecule has 0 saturated heterocycles. The van der Waals surface area contributed by atoms with Gasteiger partial charge in [-0.15, -0.1) is 0 Å². The summed E-state index contributed by atoms with van der Waals surface area (Å²) in [6.45, 7) is 0.